The number of rotatable bonds is 4. The maximum Gasteiger partial charge on any atom is 0.306 e. The molecule has 0 spiro atoms. The lowest BCUT2D eigenvalue weighted by Crippen LogP contribution is -2.39. The van der Waals surface area contributed by atoms with Crippen LogP contribution < -0.4 is 0 Å². The third-order valence-corrected chi connectivity index (χ3v) is 5.78. The fourth-order valence-electron chi connectivity index (χ4n) is 3.18. The van der Waals surface area contributed by atoms with Crippen LogP contribution in [0.2, 0.25) is 4.34 Å². The predicted molar refractivity (Wildman–Crippen MR) is 94.3 cm³/mol. The molecule has 1 N–H and O–H groups in total. The third kappa shape index (κ3) is 3.77. The predicted octanol–water partition coefficient (Wildman–Crippen LogP) is 4.60. The van der Waals surface area contributed by atoms with E-state index in [-0.39, 0.29) is 12.0 Å². The zero-order chi connectivity index (χ0) is 16.4. The normalized spacial score (nSPS) is 18.0. The highest BCUT2D eigenvalue weighted by molar-refractivity contribution is 7.16. The van der Waals surface area contributed by atoms with Gasteiger partial charge in [0, 0.05) is 4.88 Å². The van der Waals surface area contributed by atoms with Gasteiger partial charge >= 0.3 is 5.97 Å². The van der Waals surface area contributed by atoms with E-state index in [9.17, 15) is 9.90 Å². The van der Waals surface area contributed by atoms with Gasteiger partial charge in [0.2, 0.25) is 0 Å². The Morgan fingerprint density at radius 1 is 1.22 bits per heavy atom. The summed E-state index contributed by atoms with van der Waals surface area (Å²) in [6, 6.07) is 12.8. The van der Waals surface area contributed by atoms with Crippen molar-refractivity contribution in [2.24, 2.45) is 5.92 Å². The lowest BCUT2D eigenvalue weighted by Gasteiger charge is -2.36. The first-order valence-electron chi connectivity index (χ1n) is 7.83. The van der Waals surface area contributed by atoms with E-state index in [2.05, 4.69) is 42.2 Å². The van der Waals surface area contributed by atoms with Gasteiger partial charge in [-0.2, -0.15) is 0 Å². The number of carboxylic acid groups (broad SMARTS) is 1. The van der Waals surface area contributed by atoms with E-state index in [1.807, 2.05) is 6.07 Å². The summed E-state index contributed by atoms with van der Waals surface area (Å²) in [7, 11) is 0. The molecular weight excluding hydrogens is 330 g/mol. The molecule has 1 aromatic carbocycles. The van der Waals surface area contributed by atoms with Crippen molar-refractivity contribution in [3.8, 4) is 0 Å². The van der Waals surface area contributed by atoms with Crippen LogP contribution in [0.25, 0.3) is 0 Å². The van der Waals surface area contributed by atoms with Gasteiger partial charge < -0.3 is 5.11 Å². The molecule has 1 aromatic heterocycles. The molecule has 0 amide bonds. The van der Waals surface area contributed by atoms with E-state index in [1.165, 1.54) is 16.0 Å². The molecule has 0 aliphatic carbocycles. The van der Waals surface area contributed by atoms with Crippen LogP contribution in [0.3, 0.4) is 0 Å². The summed E-state index contributed by atoms with van der Waals surface area (Å²) in [4.78, 5) is 14.8. The quantitative estimate of drug-likeness (QED) is 0.877. The van der Waals surface area contributed by atoms with E-state index < -0.39 is 5.97 Å². The molecule has 3 nitrogen and oxygen atoms in total. The van der Waals surface area contributed by atoms with Crippen molar-refractivity contribution in [2.45, 2.75) is 25.8 Å². The van der Waals surface area contributed by atoms with Crippen molar-refractivity contribution in [2.75, 3.05) is 13.1 Å². The van der Waals surface area contributed by atoms with E-state index in [1.54, 1.807) is 11.3 Å². The van der Waals surface area contributed by atoms with Gasteiger partial charge in [0.1, 0.15) is 0 Å². The van der Waals surface area contributed by atoms with Gasteiger partial charge in [0.05, 0.1) is 16.3 Å². The number of aryl methyl sites for hydroxylation is 1. The van der Waals surface area contributed by atoms with Crippen LogP contribution in [-0.2, 0) is 4.79 Å². The minimum Gasteiger partial charge on any atom is -0.481 e. The Hall–Kier alpha value is -1.36. The number of hydrogen-bond acceptors (Lipinski definition) is 3. The molecule has 1 atom stereocenters. The number of carboxylic acids is 1. The average molecular weight is 350 g/mol. The Morgan fingerprint density at radius 3 is 2.39 bits per heavy atom. The number of aliphatic carboxylic acids is 1. The van der Waals surface area contributed by atoms with Crippen LogP contribution in [0.4, 0.5) is 0 Å². The van der Waals surface area contributed by atoms with Crippen LogP contribution in [0, 0.1) is 12.8 Å². The van der Waals surface area contributed by atoms with Gasteiger partial charge in [-0.3, -0.25) is 9.69 Å². The molecule has 122 valence electrons. The van der Waals surface area contributed by atoms with Gasteiger partial charge in [0.25, 0.3) is 0 Å². The largest absolute Gasteiger partial charge is 0.481 e. The number of halogens is 1. The number of piperidine rings is 1. The zero-order valence-corrected chi connectivity index (χ0v) is 14.6. The molecular formula is C18H20ClNO2S. The van der Waals surface area contributed by atoms with Crippen LogP contribution in [0.1, 0.15) is 34.9 Å². The van der Waals surface area contributed by atoms with E-state index in [0.717, 1.165) is 17.4 Å². The minimum absolute atomic E-state index is 0.155. The van der Waals surface area contributed by atoms with Crippen LogP contribution >= 0.6 is 22.9 Å². The van der Waals surface area contributed by atoms with Crippen molar-refractivity contribution >= 4 is 28.9 Å². The molecule has 3 rings (SSSR count). The molecule has 0 bridgehead atoms. The number of carbonyl (C=O) groups is 1. The standard InChI is InChI=1S/C18H20ClNO2S/c1-12-2-4-13(5-3-12)17(15-6-7-16(19)23-15)20-10-8-14(9-11-20)18(21)22/h2-7,14,17H,8-11H2,1H3,(H,21,22). The second-order valence-electron chi connectivity index (χ2n) is 6.10. The van der Waals surface area contributed by atoms with Crippen molar-refractivity contribution in [1.29, 1.82) is 0 Å². The molecule has 1 fully saturated rings. The van der Waals surface area contributed by atoms with Gasteiger partial charge in [-0.1, -0.05) is 41.4 Å². The smallest absolute Gasteiger partial charge is 0.306 e. The summed E-state index contributed by atoms with van der Waals surface area (Å²) in [6.45, 7) is 3.68. The highest BCUT2D eigenvalue weighted by atomic mass is 35.5. The third-order valence-electron chi connectivity index (χ3n) is 4.50. The van der Waals surface area contributed by atoms with E-state index in [4.69, 9.17) is 11.6 Å². The van der Waals surface area contributed by atoms with Crippen molar-refractivity contribution in [3.05, 3.63) is 56.7 Å². The van der Waals surface area contributed by atoms with Crippen LogP contribution in [0.15, 0.2) is 36.4 Å². The number of benzene rings is 1. The molecule has 1 aliphatic heterocycles. The fourth-order valence-corrected chi connectivity index (χ4v) is 4.41. The summed E-state index contributed by atoms with van der Waals surface area (Å²) in [5.41, 5.74) is 2.48. The Labute approximate surface area is 145 Å². The van der Waals surface area contributed by atoms with Crippen molar-refractivity contribution in [1.82, 2.24) is 4.90 Å². The Balaban J connectivity index is 1.87. The van der Waals surface area contributed by atoms with E-state index in [0.29, 0.717) is 12.8 Å². The SMILES string of the molecule is Cc1ccc(C(c2ccc(Cl)s2)N2CCC(C(=O)O)CC2)cc1. The first kappa shape index (κ1) is 16.5. The highest BCUT2D eigenvalue weighted by Gasteiger charge is 2.30. The maximum atomic E-state index is 11.2. The molecule has 2 aromatic rings. The summed E-state index contributed by atoms with van der Waals surface area (Å²) in [5, 5.41) is 9.20. The van der Waals surface area contributed by atoms with Crippen molar-refractivity contribution < 1.29 is 9.90 Å². The molecule has 0 radical (unpaired) electrons. The fraction of sp³-hybridized carbons (Fsp3) is 0.389. The van der Waals surface area contributed by atoms with Gasteiger partial charge in [0.15, 0.2) is 0 Å². The van der Waals surface area contributed by atoms with Gasteiger partial charge in [-0.15, -0.1) is 11.3 Å². The lowest BCUT2D eigenvalue weighted by molar-refractivity contribution is -0.143. The maximum absolute atomic E-state index is 11.2. The van der Waals surface area contributed by atoms with Gasteiger partial charge in [-0.05, 0) is 50.6 Å². The number of thiophene rings is 1. The molecule has 1 unspecified atom stereocenters. The Kier molecular flexibility index (Phi) is 5.05. The first-order valence-corrected chi connectivity index (χ1v) is 9.02. The van der Waals surface area contributed by atoms with Crippen LogP contribution in [0.5, 0.6) is 0 Å². The molecule has 1 saturated heterocycles. The second-order valence-corrected chi connectivity index (χ2v) is 7.85. The molecule has 0 saturated carbocycles. The summed E-state index contributed by atoms with van der Waals surface area (Å²) < 4.78 is 0.789. The zero-order valence-electron chi connectivity index (χ0n) is 13.0. The number of nitrogens with zero attached hydrogens (tertiary/aromatic N) is 1. The van der Waals surface area contributed by atoms with Crippen LogP contribution in [-0.4, -0.2) is 29.1 Å². The Morgan fingerprint density at radius 2 is 1.87 bits per heavy atom. The molecule has 5 heteroatoms. The second kappa shape index (κ2) is 7.04. The van der Waals surface area contributed by atoms with Gasteiger partial charge in [-0.25, -0.2) is 0 Å². The lowest BCUT2D eigenvalue weighted by atomic mass is 9.93. The Bertz CT molecular complexity index is 675. The first-order chi connectivity index (χ1) is 11.0. The van der Waals surface area contributed by atoms with E-state index >= 15 is 0 Å². The molecule has 1 aliphatic rings. The highest BCUT2D eigenvalue weighted by Crippen LogP contribution is 2.37. The molecule has 2 heterocycles. The summed E-state index contributed by atoms with van der Waals surface area (Å²) >= 11 is 7.75. The monoisotopic (exact) mass is 349 g/mol. The van der Waals surface area contributed by atoms with Crippen molar-refractivity contribution in [3.63, 3.8) is 0 Å². The molecule has 23 heavy (non-hydrogen) atoms. The number of likely N-dealkylation sites (tertiary alicyclic amines) is 1. The summed E-state index contributed by atoms with van der Waals surface area (Å²) in [6.07, 6.45) is 1.41. The topological polar surface area (TPSA) is 40.5 Å². The average Bonchev–Trinajstić information content (AvgIpc) is 2.96. The minimum atomic E-state index is -0.671. The summed E-state index contributed by atoms with van der Waals surface area (Å²) in [5.74, 6) is -0.882. The number of hydrogen-bond donors (Lipinski definition) is 1.